The third kappa shape index (κ3) is 2.89. The van der Waals surface area contributed by atoms with Gasteiger partial charge in [-0.25, -0.2) is 0 Å². The Morgan fingerprint density at radius 2 is 2.26 bits per heavy atom. The van der Waals surface area contributed by atoms with Crippen LogP contribution in [0.25, 0.3) is 0 Å². The smallest absolute Gasteiger partial charge is 0.226 e. The van der Waals surface area contributed by atoms with E-state index in [1.54, 1.807) is 17.6 Å². The van der Waals surface area contributed by atoms with E-state index in [0.29, 0.717) is 13.1 Å². The zero-order valence-electron chi connectivity index (χ0n) is 10.7. The highest BCUT2D eigenvalue weighted by molar-refractivity contribution is 7.07. The van der Waals surface area contributed by atoms with Gasteiger partial charge in [-0.3, -0.25) is 4.79 Å². The molecule has 0 bridgehead atoms. The van der Waals surface area contributed by atoms with Gasteiger partial charge in [-0.15, -0.1) is 0 Å². The van der Waals surface area contributed by atoms with E-state index in [4.69, 9.17) is 4.42 Å². The minimum Gasteiger partial charge on any atom is -0.467 e. The number of carbonyl (C=O) groups is 1. The predicted octanol–water partition coefficient (Wildman–Crippen LogP) is 3.67. The maximum Gasteiger partial charge on any atom is 0.226 e. The largest absolute Gasteiger partial charge is 0.467 e. The predicted molar refractivity (Wildman–Crippen MR) is 74.6 cm³/mol. The van der Waals surface area contributed by atoms with Gasteiger partial charge in [0.05, 0.1) is 12.8 Å². The number of amides is 1. The molecule has 1 aliphatic carbocycles. The van der Waals surface area contributed by atoms with Crippen molar-refractivity contribution in [1.82, 2.24) is 4.90 Å². The molecule has 1 aliphatic rings. The number of hydrogen-bond donors (Lipinski definition) is 0. The van der Waals surface area contributed by atoms with Crippen molar-refractivity contribution >= 4 is 17.2 Å². The van der Waals surface area contributed by atoms with Crippen LogP contribution in [0.4, 0.5) is 0 Å². The number of carbonyl (C=O) groups excluding carboxylic acids is 1. The molecule has 4 heteroatoms. The average molecular weight is 275 g/mol. The first kappa shape index (κ1) is 12.5. The summed E-state index contributed by atoms with van der Waals surface area (Å²) in [4.78, 5) is 14.4. The average Bonchev–Trinajstić information content (AvgIpc) is 2.98. The molecule has 0 radical (unpaired) electrons. The standard InChI is InChI=1S/C15H17NO2S/c17-15(13-3-1-4-13)16(9-12-6-8-19-11-12)10-14-5-2-7-18-14/h2,5-8,11,13H,1,3-4,9-10H2. The maximum absolute atomic E-state index is 12.5. The molecule has 100 valence electrons. The van der Waals surface area contributed by atoms with Crippen molar-refractivity contribution < 1.29 is 9.21 Å². The van der Waals surface area contributed by atoms with Crippen molar-refractivity contribution in [2.45, 2.75) is 32.4 Å². The second-order valence-corrected chi connectivity index (χ2v) is 5.81. The highest BCUT2D eigenvalue weighted by atomic mass is 32.1. The summed E-state index contributed by atoms with van der Waals surface area (Å²) in [5, 5.41) is 4.15. The van der Waals surface area contributed by atoms with Crippen molar-refractivity contribution in [2.75, 3.05) is 0 Å². The number of nitrogens with zero attached hydrogens (tertiary/aromatic N) is 1. The van der Waals surface area contributed by atoms with Crippen molar-refractivity contribution in [3.8, 4) is 0 Å². The van der Waals surface area contributed by atoms with Crippen LogP contribution in [0, 0.1) is 5.92 Å². The van der Waals surface area contributed by atoms with Crippen LogP contribution in [0.2, 0.25) is 0 Å². The highest BCUT2D eigenvalue weighted by Crippen LogP contribution is 2.29. The van der Waals surface area contributed by atoms with E-state index in [2.05, 4.69) is 11.4 Å². The molecular formula is C15H17NO2S. The third-order valence-electron chi connectivity index (χ3n) is 3.65. The fraction of sp³-hybridized carbons (Fsp3) is 0.400. The molecule has 0 unspecified atom stereocenters. The Labute approximate surface area is 116 Å². The Balaban J connectivity index is 1.72. The Kier molecular flexibility index (Phi) is 3.69. The monoisotopic (exact) mass is 275 g/mol. The van der Waals surface area contributed by atoms with Crippen LogP contribution >= 0.6 is 11.3 Å². The van der Waals surface area contributed by atoms with E-state index in [0.717, 1.165) is 18.6 Å². The Morgan fingerprint density at radius 3 is 2.84 bits per heavy atom. The van der Waals surface area contributed by atoms with Gasteiger partial charge >= 0.3 is 0 Å². The van der Waals surface area contributed by atoms with Crippen molar-refractivity contribution in [3.05, 3.63) is 46.5 Å². The SMILES string of the molecule is O=C(C1CCC1)N(Cc1ccsc1)Cc1ccco1. The van der Waals surface area contributed by atoms with E-state index >= 15 is 0 Å². The summed E-state index contributed by atoms with van der Waals surface area (Å²) in [5.74, 6) is 1.35. The zero-order valence-corrected chi connectivity index (χ0v) is 11.6. The molecule has 0 N–H and O–H groups in total. The van der Waals surface area contributed by atoms with E-state index in [1.165, 1.54) is 12.0 Å². The molecule has 3 nitrogen and oxygen atoms in total. The van der Waals surface area contributed by atoms with Crippen LogP contribution in [0.3, 0.4) is 0 Å². The first-order chi connectivity index (χ1) is 9.33. The van der Waals surface area contributed by atoms with Gasteiger partial charge in [0.1, 0.15) is 5.76 Å². The van der Waals surface area contributed by atoms with Crippen LogP contribution in [-0.2, 0) is 17.9 Å². The topological polar surface area (TPSA) is 33.5 Å². The van der Waals surface area contributed by atoms with Crippen molar-refractivity contribution in [2.24, 2.45) is 5.92 Å². The lowest BCUT2D eigenvalue weighted by Gasteiger charge is -2.31. The van der Waals surface area contributed by atoms with Gasteiger partial charge in [0, 0.05) is 12.5 Å². The fourth-order valence-corrected chi connectivity index (χ4v) is 2.98. The maximum atomic E-state index is 12.5. The Bertz CT molecular complexity index is 478. The van der Waals surface area contributed by atoms with Gasteiger partial charge in [-0.2, -0.15) is 11.3 Å². The van der Waals surface area contributed by atoms with Gasteiger partial charge in [-0.1, -0.05) is 6.42 Å². The van der Waals surface area contributed by atoms with Crippen LogP contribution < -0.4 is 0 Å². The zero-order chi connectivity index (χ0) is 13.1. The van der Waals surface area contributed by atoms with Crippen LogP contribution in [-0.4, -0.2) is 10.8 Å². The normalized spacial score (nSPS) is 15.2. The number of furan rings is 1. The lowest BCUT2D eigenvalue weighted by atomic mass is 9.84. The summed E-state index contributed by atoms with van der Waals surface area (Å²) in [6.45, 7) is 1.25. The highest BCUT2D eigenvalue weighted by Gasteiger charge is 2.29. The second kappa shape index (κ2) is 5.61. The van der Waals surface area contributed by atoms with E-state index in [9.17, 15) is 4.79 Å². The van der Waals surface area contributed by atoms with E-state index in [-0.39, 0.29) is 11.8 Å². The molecule has 1 amide bonds. The summed E-state index contributed by atoms with van der Waals surface area (Å²) in [7, 11) is 0. The first-order valence-corrected chi connectivity index (χ1v) is 7.59. The molecule has 0 aliphatic heterocycles. The molecule has 2 aromatic heterocycles. The first-order valence-electron chi connectivity index (χ1n) is 6.65. The summed E-state index contributed by atoms with van der Waals surface area (Å²) in [6, 6.07) is 5.87. The van der Waals surface area contributed by atoms with Gasteiger partial charge in [0.2, 0.25) is 5.91 Å². The molecule has 0 atom stereocenters. The van der Waals surface area contributed by atoms with E-state index in [1.807, 2.05) is 22.4 Å². The summed E-state index contributed by atoms with van der Waals surface area (Å²) >= 11 is 1.67. The number of rotatable bonds is 5. The minimum absolute atomic E-state index is 0.230. The molecule has 2 aromatic rings. The van der Waals surface area contributed by atoms with Crippen LogP contribution in [0.5, 0.6) is 0 Å². The molecule has 0 spiro atoms. The molecule has 1 saturated carbocycles. The summed E-state index contributed by atoms with van der Waals surface area (Å²) < 4.78 is 5.37. The van der Waals surface area contributed by atoms with Gasteiger partial charge in [0.25, 0.3) is 0 Å². The van der Waals surface area contributed by atoms with Crippen LogP contribution in [0.1, 0.15) is 30.6 Å². The lowest BCUT2D eigenvalue weighted by Crippen LogP contribution is -2.37. The molecule has 0 saturated heterocycles. The van der Waals surface area contributed by atoms with Gasteiger partial charge in [-0.05, 0) is 47.4 Å². The van der Waals surface area contributed by atoms with Crippen LogP contribution in [0.15, 0.2) is 39.6 Å². The molecule has 1 fully saturated rings. The fourth-order valence-electron chi connectivity index (χ4n) is 2.32. The third-order valence-corrected chi connectivity index (χ3v) is 4.38. The summed E-state index contributed by atoms with van der Waals surface area (Å²) in [6.07, 6.45) is 4.92. The van der Waals surface area contributed by atoms with Gasteiger partial charge in [0.15, 0.2) is 0 Å². The molecule has 3 rings (SSSR count). The minimum atomic E-state index is 0.230. The quantitative estimate of drug-likeness (QED) is 0.834. The number of hydrogen-bond acceptors (Lipinski definition) is 3. The van der Waals surface area contributed by atoms with Crippen molar-refractivity contribution in [3.63, 3.8) is 0 Å². The Morgan fingerprint density at radius 1 is 1.37 bits per heavy atom. The number of thiophene rings is 1. The molecule has 19 heavy (non-hydrogen) atoms. The molecule has 0 aromatic carbocycles. The van der Waals surface area contributed by atoms with E-state index < -0.39 is 0 Å². The van der Waals surface area contributed by atoms with Gasteiger partial charge < -0.3 is 9.32 Å². The summed E-state index contributed by atoms with van der Waals surface area (Å²) in [5.41, 5.74) is 1.20. The lowest BCUT2D eigenvalue weighted by molar-refractivity contribution is -0.139. The van der Waals surface area contributed by atoms with Crippen molar-refractivity contribution in [1.29, 1.82) is 0 Å². The second-order valence-electron chi connectivity index (χ2n) is 5.03. The Hall–Kier alpha value is -1.55. The molecule has 2 heterocycles. The molecular weight excluding hydrogens is 258 g/mol.